The smallest absolute Gasteiger partial charge is 0.260 e. The first-order chi connectivity index (χ1) is 8.99. The Morgan fingerprint density at radius 1 is 1.32 bits per heavy atom. The number of nitrogens with one attached hydrogen (secondary N) is 1. The maximum absolute atomic E-state index is 13.6. The van der Waals surface area contributed by atoms with Crippen LogP contribution in [0.15, 0.2) is 40.9 Å². The fourth-order valence-electron chi connectivity index (χ4n) is 1.63. The molecule has 1 N–H and O–H groups in total. The average Bonchev–Trinajstić information content (AvgIpc) is 2.33. The summed E-state index contributed by atoms with van der Waals surface area (Å²) in [5, 5.41) is 2.74. The van der Waals surface area contributed by atoms with Crippen molar-refractivity contribution in [3.8, 4) is 0 Å². The Bertz CT molecular complexity index is 625. The average molecular weight is 343 g/mol. The van der Waals surface area contributed by atoms with Gasteiger partial charge >= 0.3 is 0 Å². The summed E-state index contributed by atoms with van der Waals surface area (Å²) < 4.78 is 14.5. The van der Waals surface area contributed by atoms with Gasteiger partial charge in [0.25, 0.3) is 5.91 Å². The van der Waals surface area contributed by atoms with E-state index in [1.54, 1.807) is 6.07 Å². The second-order valence-corrected chi connectivity index (χ2v) is 5.33. The van der Waals surface area contributed by atoms with Gasteiger partial charge in [0.05, 0.1) is 10.6 Å². The molecular weight excluding hydrogens is 333 g/mol. The van der Waals surface area contributed by atoms with E-state index in [-0.39, 0.29) is 10.6 Å². The van der Waals surface area contributed by atoms with Gasteiger partial charge in [-0.3, -0.25) is 4.79 Å². The second-order valence-electron chi connectivity index (χ2n) is 4.01. The fraction of sp³-hybridized carbons (Fsp3) is 0.0714. The Hall–Kier alpha value is -1.39. The van der Waals surface area contributed by atoms with Crippen LogP contribution in [-0.4, -0.2) is 5.91 Å². The van der Waals surface area contributed by atoms with Gasteiger partial charge in [0.1, 0.15) is 5.82 Å². The van der Waals surface area contributed by atoms with Gasteiger partial charge < -0.3 is 5.32 Å². The number of aryl methyl sites for hydroxylation is 1. The quantitative estimate of drug-likeness (QED) is 0.834. The molecule has 0 bridgehead atoms. The lowest BCUT2D eigenvalue weighted by molar-refractivity contribution is 0.102. The molecule has 5 heteroatoms. The van der Waals surface area contributed by atoms with Crippen molar-refractivity contribution < 1.29 is 9.18 Å². The fourth-order valence-corrected chi connectivity index (χ4v) is 2.24. The summed E-state index contributed by atoms with van der Waals surface area (Å²) in [4.78, 5) is 12.1. The molecule has 0 saturated carbocycles. The number of benzene rings is 2. The van der Waals surface area contributed by atoms with E-state index in [2.05, 4.69) is 21.2 Å². The van der Waals surface area contributed by atoms with Crippen LogP contribution in [0.2, 0.25) is 5.02 Å². The summed E-state index contributed by atoms with van der Waals surface area (Å²) in [6, 6.07) is 9.60. The number of anilines is 1. The molecule has 0 radical (unpaired) electrons. The van der Waals surface area contributed by atoms with Gasteiger partial charge in [-0.05, 0) is 36.8 Å². The minimum absolute atomic E-state index is 0.0881. The maximum atomic E-state index is 13.6. The highest BCUT2D eigenvalue weighted by molar-refractivity contribution is 9.10. The molecule has 2 nitrogen and oxygen atoms in total. The molecule has 1 amide bonds. The number of carbonyl (C=O) groups excluding carboxylic acids is 1. The van der Waals surface area contributed by atoms with Crippen LogP contribution in [0.25, 0.3) is 0 Å². The van der Waals surface area contributed by atoms with Gasteiger partial charge in [0, 0.05) is 10.2 Å². The standard InChI is InChI=1S/C14H10BrClFNO/c1-8-5-6-9(15)7-12(8)18-14(19)13-10(16)3-2-4-11(13)17/h2-7H,1H3,(H,18,19). The molecule has 0 spiro atoms. The van der Waals surface area contributed by atoms with E-state index in [9.17, 15) is 9.18 Å². The molecule has 0 saturated heterocycles. The Balaban J connectivity index is 2.34. The number of hydrogen-bond acceptors (Lipinski definition) is 1. The van der Waals surface area contributed by atoms with E-state index >= 15 is 0 Å². The normalized spacial score (nSPS) is 10.3. The molecular formula is C14H10BrClFNO. The predicted molar refractivity (Wildman–Crippen MR) is 78.2 cm³/mol. The van der Waals surface area contributed by atoms with Crippen molar-refractivity contribution in [1.29, 1.82) is 0 Å². The predicted octanol–water partition coefficient (Wildman–Crippen LogP) is 4.80. The second kappa shape index (κ2) is 5.72. The lowest BCUT2D eigenvalue weighted by atomic mass is 10.1. The third-order valence-electron chi connectivity index (χ3n) is 2.64. The highest BCUT2D eigenvalue weighted by Crippen LogP contribution is 2.24. The van der Waals surface area contributed by atoms with E-state index in [1.807, 2.05) is 19.1 Å². The van der Waals surface area contributed by atoms with Gasteiger partial charge in [-0.25, -0.2) is 4.39 Å². The van der Waals surface area contributed by atoms with Crippen molar-refractivity contribution in [3.05, 3.63) is 62.8 Å². The highest BCUT2D eigenvalue weighted by Gasteiger charge is 2.16. The van der Waals surface area contributed by atoms with E-state index in [0.717, 1.165) is 10.0 Å². The molecule has 0 aliphatic heterocycles. The van der Waals surface area contributed by atoms with Gasteiger partial charge in [0.2, 0.25) is 0 Å². The monoisotopic (exact) mass is 341 g/mol. The Morgan fingerprint density at radius 3 is 2.74 bits per heavy atom. The third-order valence-corrected chi connectivity index (χ3v) is 3.45. The largest absolute Gasteiger partial charge is 0.322 e. The number of hydrogen-bond donors (Lipinski definition) is 1. The Morgan fingerprint density at radius 2 is 2.05 bits per heavy atom. The van der Waals surface area contributed by atoms with Gasteiger partial charge in [0.15, 0.2) is 0 Å². The third kappa shape index (κ3) is 3.14. The number of amides is 1. The lowest BCUT2D eigenvalue weighted by Crippen LogP contribution is -2.15. The molecule has 0 aliphatic rings. The molecule has 0 aliphatic carbocycles. The first kappa shape index (κ1) is 14.0. The van der Waals surface area contributed by atoms with Crippen molar-refractivity contribution in [2.24, 2.45) is 0 Å². The summed E-state index contributed by atoms with van der Waals surface area (Å²) in [6.45, 7) is 1.85. The Kier molecular flexibility index (Phi) is 4.22. The maximum Gasteiger partial charge on any atom is 0.260 e. The summed E-state index contributed by atoms with van der Waals surface area (Å²) >= 11 is 9.17. The molecule has 0 aromatic heterocycles. The minimum Gasteiger partial charge on any atom is -0.322 e. The van der Waals surface area contributed by atoms with Gasteiger partial charge in [-0.15, -0.1) is 0 Å². The molecule has 2 aromatic rings. The molecule has 98 valence electrons. The zero-order valence-electron chi connectivity index (χ0n) is 10.0. The summed E-state index contributed by atoms with van der Waals surface area (Å²) in [5.41, 5.74) is 1.34. The van der Waals surface area contributed by atoms with E-state index in [0.29, 0.717) is 5.69 Å². The van der Waals surface area contributed by atoms with Crippen LogP contribution >= 0.6 is 27.5 Å². The number of halogens is 3. The Labute approximate surface area is 123 Å². The van der Waals surface area contributed by atoms with E-state index in [1.165, 1.54) is 18.2 Å². The summed E-state index contributed by atoms with van der Waals surface area (Å²) in [5.74, 6) is -1.21. The number of carbonyl (C=O) groups is 1. The number of rotatable bonds is 2. The van der Waals surface area contributed by atoms with Gasteiger partial charge in [-0.1, -0.05) is 39.7 Å². The van der Waals surface area contributed by atoms with Crippen LogP contribution in [0, 0.1) is 12.7 Å². The van der Waals surface area contributed by atoms with Crippen LogP contribution in [-0.2, 0) is 0 Å². The molecule has 0 unspecified atom stereocenters. The first-order valence-electron chi connectivity index (χ1n) is 5.50. The SMILES string of the molecule is Cc1ccc(Br)cc1NC(=O)c1c(F)cccc1Cl. The van der Waals surface area contributed by atoms with Crippen molar-refractivity contribution in [1.82, 2.24) is 0 Å². The zero-order chi connectivity index (χ0) is 14.0. The van der Waals surface area contributed by atoms with Crippen LogP contribution in [0.5, 0.6) is 0 Å². The first-order valence-corrected chi connectivity index (χ1v) is 6.67. The summed E-state index contributed by atoms with van der Waals surface area (Å²) in [6.07, 6.45) is 0. The van der Waals surface area contributed by atoms with E-state index in [4.69, 9.17) is 11.6 Å². The summed E-state index contributed by atoms with van der Waals surface area (Å²) in [7, 11) is 0. The van der Waals surface area contributed by atoms with Gasteiger partial charge in [-0.2, -0.15) is 0 Å². The lowest BCUT2D eigenvalue weighted by Gasteiger charge is -2.10. The zero-order valence-corrected chi connectivity index (χ0v) is 12.3. The molecule has 2 aromatic carbocycles. The van der Waals surface area contributed by atoms with Crippen LogP contribution in [0.3, 0.4) is 0 Å². The van der Waals surface area contributed by atoms with Crippen molar-refractivity contribution in [2.75, 3.05) is 5.32 Å². The molecule has 2 rings (SSSR count). The van der Waals surface area contributed by atoms with Crippen LogP contribution in [0.4, 0.5) is 10.1 Å². The van der Waals surface area contributed by atoms with Crippen molar-refractivity contribution >= 4 is 39.1 Å². The van der Waals surface area contributed by atoms with Crippen molar-refractivity contribution in [3.63, 3.8) is 0 Å². The van der Waals surface area contributed by atoms with E-state index < -0.39 is 11.7 Å². The van der Waals surface area contributed by atoms with Crippen LogP contribution < -0.4 is 5.32 Å². The molecule has 0 atom stereocenters. The molecule has 0 fully saturated rings. The minimum atomic E-state index is -0.641. The molecule has 0 heterocycles. The topological polar surface area (TPSA) is 29.1 Å². The molecule has 19 heavy (non-hydrogen) atoms. The van der Waals surface area contributed by atoms with Crippen molar-refractivity contribution in [2.45, 2.75) is 6.92 Å². The highest BCUT2D eigenvalue weighted by atomic mass is 79.9. The van der Waals surface area contributed by atoms with Crippen LogP contribution in [0.1, 0.15) is 15.9 Å².